The molecule has 0 heterocycles. The van der Waals surface area contributed by atoms with E-state index in [9.17, 15) is 4.79 Å². The Hall–Kier alpha value is -1.39. The first-order chi connectivity index (χ1) is 10.4. The minimum atomic E-state index is -0.471. The number of amides is 1. The fourth-order valence-corrected chi connectivity index (χ4v) is 2.34. The van der Waals surface area contributed by atoms with Crippen molar-refractivity contribution in [1.29, 1.82) is 0 Å². The largest absolute Gasteiger partial charge is 0.342 e. The Kier molecular flexibility index (Phi) is 7.56. The molecule has 0 aromatic heterocycles. The molecule has 1 aromatic rings. The number of carbonyl (C=O) groups is 1. The molecule has 1 amide bonds. The fourth-order valence-electron chi connectivity index (χ4n) is 2.34. The van der Waals surface area contributed by atoms with Gasteiger partial charge in [-0.05, 0) is 44.5 Å². The molecule has 0 radical (unpaired) electrons. The second-order valence-electron chi connectivity index (χ2n) is 6.13. The van der Waals surface area contributed by atoms with Crippen molar-refractivity contribution in [3.8, 4) is 0 Å². The quantitative estimate of drug-likeness (QED) is 0.801. The van der Waals surface area contributed by atoms with E-state index in [1.54, 1.807) is 11.9 Å². The van der Waals surface area contributed by atoms with Crippen LogP contribution in [0.15, 0.2) is 24.3 Å². The van der Waals surface area contributed by atoms with Crippen LogP contribution in [0.4, 0.5) is 0 Å². The number of nitrogens with zero attached hydrogens (tertiary/aromatic N) is 2. The standard InChI is InChI=1S/C18H31N3O/c1-6-21(7-2)13-16-10-8-15(9-11-16)12-17(19)18(22)20(5)14(3)4/h8-11,14,17H,6-7,12-13,19H2,1-5H3. The van der Waals surface area contributed by atoms with Gasteiger partial charge < -0.3 is 10.6 Å². The van der Waals surface area contributed by atoms with Crippen molar-refractivity contribution < 1.29 is 4.79 Å². The number of hydrogen-bond donors (Lipinski definition) is 1. The molecule has 22 heavy (non-hydrogen) atoms. The molecule has 0 saturated carbocycles. The van der Waals surface area contributed by atoms with E-state index >= 15 is 0 Å². The molecule has 0 spiro atoms. The Bertz CT molecular complexity index is 452. The summed E-state index contributed by atoms with van der Waals surface area (Å²) in [5.74, 6) is 0.00205. The summed E-state index contributed by atoms with van der Waals surface area (Å²) >= 11 is 0. The van der Waals surface area contributed by atoms with Crippen LogP contribution in [0.3, 0.4) is 0 Å². The Morgan fingerprint density at radius 2 is 1.59 bits per heavy atom. The molecule has 4 heteroatoms. The summed E-state index contributed by atoms with van der Waals surface area (Å²) < 4.78 is 0. The summed E-state index contributed by atoms with van der Waals surface area (Å²) in [6.45, 7) is 11.4. The molecule has 2 N–H and O–H groups in total. The highest BCUT2D eigenvalue weighted by Crippen LogP contribution is 2.10. The van der Waals surface area contributed by atoms with Crippen LogP contribution in [0.5, 0.6) is 0 Å². The van der Waals surface area contributed by atoms with Crippen molar-refractivity contribution >= 4 is 5.91 Å². The van der Waals surface area contributed by atoms with Gasteiger partial charge in [-0.1, -0.05) is 38.1 Å². The Morgan fingerprint density at radius 1 is 1.09 bits per heavy atom. The van der Waals surface area contributed by atoms with Crippen LogP contribution >= 0.6 is 0 Å². The van der Waals surface area contributed by atoms with E-state index in [1.807, 2.05) is 13.8 Å². The normalized spacial score (nSPS) is 12.7. The predicted molar refractivity (Wildman–Crippen MR) is 92.7 cm³/mol. The zero-order valence-electron chi connectivity index (χ0n) is 14.7. The van der Waals surface area contributed by atoms with Crippen molar-refractivity contribution in [2.45, 2.75) is 52.7 Å². The number of rotatable bonds is 8. The molecular formula is C18H31N3O. The SMILES string of the molecule is CCN(CC)Cc1ccc(CC(N)C(=O)N(C)C(C)C)cc1. The molecule has 0 aliphatic heterocycles. The van der Waals surface area contributed by atoms with Crippen LogP contribution in [-0.4, -0.2) is 47.9 Å². The lowest BCUT2D eigenvalue weighted by Gasteiger charge is -2.25. The molecule has 4 nitrogen and oxygen atoms in total. The van der Waals surface area contributed by atoms with Gasteiger partial charge >= 0.3 is 0 Å². The van der Waals surface area contributed by atoms with Gasteiger partial charge in [-0.15, -0.1) is 0 Å². The lowest BCUT2D eigenvalue weighted by molar-refractivity contribution is -0.132. The van der Waals surface area contributed by atoms with Gasteiger partial charge in [-0.25, -0.2) is 0 Å². The molecule has 0 bridgehead atoms. The summed E-state index contributed by atoms with van der Waals surface area (Å²) in [6.07, 6.45) is 0.585. The zero-order valence-corrected chi connectivity index (χ0v) is 14.7. The summed E-state index contributed by atoms with van der Waals surface area (Å²) in [5, 5.41) is 0. The first-order valence-corrected chi connectivity index (χ1v) is 8.21. The van der Waals surface area contributed by atoms with Crippen LogP contribution in [0.1, 0.15) is 38.8 Å². The topological polar surface area (TPSA) is 49.6 Å². The van der Waals surface area contributed by atoms with E-state index in [-0.39, 0.29) is 11.9 Å². The molecule has 0 fully saturated rings. The Labute approximate surface area is 135 Å². The molecule has 1 unspecified atom stereocenters. The molecule has 1 rings (SSSR count). The lowest BCUT2D eigenvalue weighted by atomic mass is 10.0. The van der Waals surface area contributed by atoms with Crippen molar-refractivity contribution in [3.63, 3.8) is 0 Å². The van der Waals surface area contributed by atoms with E-state index in [0.29, 0.717) is 6.42 Å². The van der Waals surface area contributed by atoms with Gasteiger partial charge in [0, 0.05) is 19.6 Å². The monoisotopic (exact) mass is 305 g/mol. The molecule has 1 atom stereocenters. The van der Waals surface area contributed by atoms with Gasteiger partial charge in [0.05, 0.1) is 6.04 Å². The number of likely N-dealkylation sites (N-methyl/N-ethyl adjacent to an activating group) is 1. The average molecular weight is 305 g/mol. The van der Waals surface area contributed by atoms with Crippen molar-refractivity contribution in [1.82, 2.24) is 9.80 Å². The predicted octanol–water partition coefficient (Wildman–Crippen LogP) is 2.27. The summed E-state index contributed by atoms with van der Waals surface area (Å²) in [6, 6.07) is 8.15. The van der Waals surface area contributed by atoms with E-state index in [2.05, 4.69) is 43.0 Å². The van der Waals surface area contributed by atoms with Crippen molar-refractivity contribution in [2.24, 2.45) is 5.73 Å². The Balaban J connectivity index is 2.62. The summed E-state index contributed by atoms with van der Waals surface area (Å²) in [4.78, 5) is 16.3. The van der Waals surface area contributed by atoms with E-state index in [1.165, 1.54) is 5.56 Å². The van der Waals surface area contributed by atoms with Crippen LogP contribution in [-0.2, 0) is 17.8 Å². The average Bonchev–Trinajstić information content (AvgIpc) is 2.52. The maximum absolute atomic E-state index is 12.2. The first-order valence-electron chi connectivity index (χ1n) is 8.21. The zero-order chi connectivity index (χ0) is 16.7. The van der Waals surface area contributed by atoms with Crippen LogP contribution in [0.25, 0.3) is 0 Å². The third-order valence-electron chi connectivity index (χ3n) is 4.22. The Morgan fingerprint density at radius 3 is 2.05 bits per heavy atom. The van der Waals surface area contributed by atoms with E-state index in [4.69, 9.17) is 5.73 Å². The van der Waals surface area contributed by atoms with Gasteiger partial charge in [0.2, 0.25) is 5.91 Å². The molecule has 124 valence electrons. The smallest absolute Gasteiger partial charge is 0.239 e. The highest BCUT2D eigenvalue weighted by atomic mass is 16.2. The molecule has 1 aromatic carbocycles. The number of nitrogens with two attached hydrogens (primary N) is 1. The van der Waals surface area contributed by atoms with Crippen molar-refractivity contribution in [2.75, 3.05) is 20.1 Å². The molecule has 0 saturated heterocycles. The number of benzene rings is 1. The minimum Gasteiger partial charge on any atom is -0.342 e. The van der Waals surface area contributed by atoms with E-state index < -0.39 is 6.04 Å². The van der Waals surface area contributed by atoms with Crippen LogP contribution in [0.2, 0.25) is 0 Å². The maximum atomic E-state index is 12.2. The fraction of sp³-hybridized carbons (Fsp3) is 0.611. The summed E-state index contributed by atoms with van der Waals surface area (Å²) in [7, 11) is 1.81. The minimum absolute atomic E-state index is 0.00205. The lowest BCUT2D eigenvalue weighted by Crippen LogP contribution is -2.45. The van der Waals surface area contributed by atoms with Gasteiger partial charge in [0.25, 0.3) is 0 Å². The number of carbonyl (C=O) groups excluding carboxylic acids is 1. The van der Waals surface area contributed by atoms with Gasteiger partial charge in [0.15, 0.2) is 0 Å². The van der Waals surface area contributed by atoms with Crippen molar-refractivity contribution in [3.05, 3.63) is 35.4 Å². The third kappa shape index (κ3) is 5.43. The maximum Gasteiger partial charge on any atom is 0.239 e. The molecular weight excluding hydrogens is 274 g/mol. The van der Waals surface area contributed by atoms with Crippen LogP contribution in [0, 0.1) is 0 Å². The second-order valence-corrected chi connectivity index (χ2v) is 6.13. The second kappa shape index (κ2) is 8.91. The van der Waals surface area contributed by atoms with E-state index in [0.717, 1.165) is 25.2 Å². The highest BCUT2D eigenvalue weighted by molar-refractivity contribution is 5.82. The van der Waals surface area contributed by atoms with Gasteiger partial charge in [0.1, 0.15) is 0 Å². The third-order valence-corrected chi connectivity index (χ3v) is 4.22. The van der Waals surface area contributed by atoms with Gasteiger partial charge in [-0.3, -0.25) is 9.69 Å². The molecule has 0 aliphatic carbocycles. The first kappa shape index (κ1) is 18.7. The molecule has 0 aliphatic rings. The summed E-state index contributed by atoms with van der Waals surface area (Å²) in [5.41, 5.74) is 8.46. The number of hydrogen-bond acceptors (Lipinski definition) is 3. The van der Waals surface area contributed by atoms with Gasteiger partial charge in [-0.2, -0.15) is 0 Å². The van der Waals surface area contributed by atoms with Crippen LogP contribution < -0.4 is 5.73 Å². The highest BCUT2D eigenvalue weighted by Gasteiger charge is 2.20.